The number of hydrogen-bond donors (Lipinski definition) is 4. The van der Waals surface area contributed by atoms with Crippen LogP contribution in [0.2, 0.25) is 0 Å². The molecule has 0 radical (unpaired) electrons. The molecule has 2 aliphatic rings. The molecular weight excluding hydrogens is 324 g/mol. The predicted octanol–water partition coefficient (Wildman–Crippen LogP) is 0.214. The monoisotopic (exact) mass is 346 g/mol. The first-order valence-electron chi connectivity index (χ1n) is 8.26. The maximum absolute atomic E-state index is 13.3. The van der Waals surface area contributed by atoms with Crippen molar-refractivity contribution in [3.8, 4) is 0 Å². The van der Waals surface area contributed by atoms with Crippen LogP contribution in [-0.4, -0.2) is 63.3 Å². The Labute approximate surface area is 145 Å². The number of allylic oxidation sites excluding steroid dienone is 3. The minimum absolute atomic E-state index is 0.252. The van der Waals surface area contributed by atoms with Crippen molar-refractivity contribution in [1.82, 2.24) is 0 Å². The van der Waals surface area contributed by atoms with Crippen LogP contribution in [0.4, 0.5) is 0 Å². The fourth-order valence-electron chi connectivity index (χ4n) is 3.53. The van der Waals surface area contributed by atoms with Crippen LogP contribution in [0.5, 0.6) is 0 Å². The third kappa shape index (κ3) is 3.07. The highest BCUT2D eigenvalue weighted by molar-refractivity contribution is 6.02. The number of hydrogen-bond acceptors (Lipinski definition) is 6. The number of ketones is 1. The third-order valence-corrected chi connectivity index (χ3v) is 4.96. The van der Waals surface area contributed by atoms with Gasteiger partial charge < -0.3 is 25.2 Å². The summed E-state index contributed by atoms with van der Waals surface area (Å²) in [7, 11) is 0. The second kappa shape index (κ2) is 7.19. The smallest absolute Gasteiger partial charge is 0.175 e. The van der Waals surface area contributed by atoms with Gasteiger partial charge in [0.1, 0.15) is 30.5 Å². The van der Waals surface area contributed by atoms with E-state index in [2.05, 4.69) is 0 Å². The first kappa shape index (κ1) is 18.0. The van der Waals surface area contributed by atoms with Gasteiger partial charge in [-0.05, 0) is 6.42 Å². The number of benzene rings is 1. The van der Waals surface area contributed by atoms with Gasteiger partial charge in [0.05, 0.1) is 12.0 Å². The van der Waals surface area contributed by atoms with Gasteiger partial charge in [0.2, 0.25) is 0 Å². The number of carbonyl (C=O) groups is 1. The van der Waals surface area contributed by atoms with E-state index in [1.165, 1.54) is 0 Å². The number of Topliss-reactive ketones (excluding diaryl/α,β-unsaturated/α-hetero) is 1. The Kier molecular flexibility index (Phi) is 5.17. The predicted molar refractivity (Wildman–Crippen MR) is 89.9 cm³/mol. The molecule has 0 saturated carbocycles. The quantitative estimate of drug-likeness (QED) is 0.581. The number of carbonyl (C=O) groups excluding carboxylic acids is 1. The number of aliphatic hydroxyl groups excluding tert-OH is 4. The van der Waals surface area contributed by atoms with E-state index in [9.17, 15) is 25.2 Å². The zero-order valence-electron chi connectivity index (χ0n) is 13.6. The van der Waals surface area contributed by atoms with Gasteiger partial charge in [-0.1, -0.05) is 54.6 Å². The number of ether oxygens (including phenoxy) is 1. The Morgan fingerprint density at radius 3 is 2.40 bits per heavy atom. The van der Waals surface area contributed by atoms with Crippen molar-refractivity contribution in [3.63, 3.8) is 0 Å². The van der Waals surface area contributed by atoms with E-state index in [1.54, 1.807) is 54.6 Å². The summed E-state index contributed by atoms with van der Waals surface area (Å²) in [4.78, 5) is 13.3. The maximum atomic E-state index is 13.3. The molecule has 6 nitrogen and oxygen atoms in total. The van der Waals surface area contributed by atoms with Crippen LogP contribution < -0.4 is 0 Å². The summed E-state index contributed by atoms with van der Waals surface area (Å²) in [5.74, 6) is -0.252. The summed E-state index contributed by atoms with van der Waals surface area (Å²) in [5, 5.41) is 40.1. The van der Waals surface area contributed by atoms with Gasteiger partial charge in [0.25, 0.3) is 0 Å². The van der Waals surface area contributed by atoms with Gasteiger partial charge in [-0.3, -0.25) is 4.79 Å². The molecule has 1 saturated heterocycles. The highest BCUT2D eigenvalue weighted by Gasteiger charge is 2.54. The van der Waals surface area contributed by atoms with Crippen molar-refractivity contribution in [1.29, 1.82) is 0 Å². The topological polar surface area (TPSA) is 107 Å². The van der Waals surface area contributed by atoms with Crippen LogP contribution in [0, 0.1) is 5.41 Å². The SMILES string of the molecule is O=C(c1ccccc1)C1(C2O[C@H](CO)[C@@H](O)[C@H](O)[C@H]2O)C=CC=CC1. The molecule has 1 aliphatic carbocycles. The number of aliphatic hydroxyl groups is 4. The molecule has 0 aromatic heterocycles. The Balaban J connectivity index is 2.02. The summed E-state index contributed by atoms with van der Waals surface area (Å²) in [6, 6.07) is 8.65. The van der Waals surface area contributed by atoms with Crippen LogP contribution in [0.15, 0.2) is 54.6 Å². The molecule has 2 unspecified atom stereocenters. The Hall–Kier alpha value is -1.83. The largest absolute Gasteiger partial charge is 0.394 e. The first-order chi connectivity index (χ1) is 12.0. The normalized spacial score (nSPS) is 37.8. The van der Waals surface area contributed by atoms with Crippen molar-refractivity contribution in [2.45, 2.75) is 36.9 Å². The first-order valence-corrected chi connectivity index (χ1v) is 8.26. The second-order valence-corrected chi connectivity index (χ2v) is 6.48. The molecule has 4 N–H and O–H groups in total. The molecule has 0 amide bonds. The van der Waals surface area contributed by atoms with E-state index in [0.717, 1.165) is 0 Å². The third-order valence-electron chi connectivity index (χ3n) is 4.96. The highest BCUT2D eigenvalue weighted by Crippen LogP contribution is 2.42. The standard InChI is InChI=1S/C19H22O6/c20-11-13-14(21)15(22)16(23)18(25-13)19(9-5-2-6-10-19)17(24)12-7-3-1-4-8-12/h1-9,13-16,18,20-23H,10-11H2/t13-,14-,15+,16-,18?,19?/m1/s1. The summed E-state index contributed by atoms with van der Waals surface area (Å²) >= 11 is 0. The summed E-state index contributed by atoms with van der Waals surface area (Å²) in [5.41, 5.74) is -0.774. The van der Waals surface area contributed by atoms with E-state index < -0.39 is 42.5 Å². The minimum atomic E-state index is -1.52. The summed E-state index contributed by atoms with van der Waals surface area (Å²) in [6.45, 7) is -0.531. The fourth-order valence-corrected chi connectivity index (χ4v) is 3.53. The average Bonchev–Trinajstić information content (AvgIpc) is 2.67. The average molecular weight is 346 g/mol. The van der Waals surface area contributed by atoms with E-state index in [0.29, 0.717) is 5.56 Å². The highest BCUT2D eigenvalue weighted by atomic mass is 16.5. The van der Waals surface area contributed by atoms with Gasteiger partial charge in [-0.2, -0.15) is 0 Å². The molecule has 1 aliphatic heterocycles. The summed E-state index contributed by atoms with van der Waals surface area (Å²) in [6.07, 6.45) is 0.629. The molecule has 3 rings (SSSR count). The molecule has 6 atom stereocenters. The molecule has 0 spiro atoms. The van der Waals surface area contributed by atoms with E-state index in [1.807, 2.05) is 0 Å². The molecule has 1 aromatic carbocycles. The summed E-state index contributed by atoms with van der Waals surface area (Å²) < 4.78 is 5.70. The maximum Gasteiger partial charge on any atom is 0.175 e. The Morgan fingerprint density at radius 1 is 1.08 bits per heavy atom. The minimum Gasteiger partial charge on any atom is -0.394 e. The van der Waals surface area contributed by atoms with Gasteiger partial charge in [0.15, 0.2) is 5.78 Å². The molecular formula is C19H22O6. The molecule has 1 fully saturated rings. The van der Waals surface area contributed by atoms with Crippen LogP contribution in [-0.2, 0) is 4.74 Å². The van der Waals surface area contributed by atoms with Crippen molar-refractivity contribution < 1.29 is 30.0 Å². The van der Waals surface area contributed by atoms with Gasteiger partial charge in [-0.25, -0.2) is 0 Å². The molecule has 1 aromatic rings. The lowest BCUT2D eigenvalue weighted by molar-refractivity contribution is -0.244. The molecule has 6 heteroatoms. The van der Waals surface area contributed by atoms with Crippen LogP contribution in [0.3, 0.4) is 0 Å². The molecule has 134 valence electrons. The van der Waals surface area contributed by atoms with Crippen molar-refractivity contribution >= 4 is 5.78 Å². The van der Waals surface area contributed by atoms with Crippen molar-refractivity contribution in [2.24, 2.45) is 5.41 Å². The number of rotatable bonds is 4. The zero-order valence-corrected chi connectivity index (χ0v) is 13.6. The lowest BCUT2D eigenvalue weighted by Crippen LogP contribution is -2.64. The second-order valence-electron chi connectivity index (χ2n) is 6.48. The Bertz CT molecular complexity index is 668. The lowest BCUT2D eigenvalue weighted by Gasteiger charge is -2.47. The van der Waals surface area contributed by atoms with Gasteiger partial charge in [0, 0.05) is 5.56 Å². The van der Waals surface area contributed by atoms with Crippen molar-refractivity contribution in [3.05, 3.63) is 60.2 Å². The zero-order chi connectivity index (χ0) is 18.0. The van der Waals surface area contributed by atoms with Crippen LogP contribution >= 0.6 is 0 Å². The fraction of sp³-hybridized carbons (Fsp3) is 0.421. The Morgan fingerprint density at radius 2 is 1.80 bits per heavy atom. The van der Waals surface area contributed by atoms with Gasteiger partial charge in [-0.15, -0.1) is 0 Å². The van der Waals surface area contributed by atoms with Crippen molar-refractivity contribution in [2.75, 3.05) is 6.61 Å². The molecule has 0 bridgehead atoms. The lowest BCUT2D eigenvalue weighted by atomic mass is 9.67. The molecule has 1 heterocycles. The van der Waals surface area contributed by atoms with E-state index in [-0.39, 0.29) is 12.2 Å². The van der Waals surface area contributed by atoms with Crippen LogP contribution in [0.25, 0.3) is 0 Å². The van der Waals surface area contributed by atoms with Gasteiger partial charge >= 0.3 is 0 Å². The van der Waals surface area contributed by atoms with Crippen LogP contribution in [0.1, 0.15) is 16.8 Å². The van der Waals surface area contributed by atoms with E-state index >= 15 is 0 Å². The molecule has 25 heavy (non-hydrogen) atoms. The van der Waals surface area contributed by atoms with E-state index in [4.69, 9.17) is 4.74 Å².